The smallest absolute Gasteiger partial charge is 0.0705 e. The molecule has 0 aliphatic rings. The van der Waals surface area contributed by atoms with Gasteiger partial charge in [-0.25, -0.2) is 0 Å². The molecule has 3 aromatic rings. The van der Waals surface area contributed by atoms with Gasteiger partial charge in [0, 0.05) is 22.0 Å². The topological polar surface area (TPSA) is 12.9 Å². The fraction of sp³-hybridized carbons (Fsp3) is 0.167. The third-order valence-corrected chi connectivity index (χ3v) is 4.94. The third kappa shape index (κ3) is 3.12. The van der Waals surface area contributed by atoms with E-state index in [9.17, 15) is 0 Å². The van der Waals surface area contributed by atoms with E-state index in [1.807, 2.05) is 30.3 Å². The molecule has 3 rings (SSSR count). The summed E-state index contributed by atoms with van der Waals surface area (Å²) in [6.45, 7) is 2.09. The second kappa shape index (κ2) is 6.17. The number of fused-ring (bicyclic) bond motifs is 1. The minimum absolute atomic E-state index is 0.0730. The van der Waals surface area contributed by atoms with Crippen molar-refractivity contribution in [3.63, 3.8) is 0 Å². The van der Waals surface area contributed by atoms with E-state index < -0.39 is 0 Å². The van der Waals surface area contributed by atoms with Crippen molar-refractivity contribution < 1.29 is 0 Å². The fourth-order valence-corrected chi connectivity index (χ4v) is 3.26. The molecule has 1 unspecified atom stereocenters. The van der Waals surface area contributed by atoms with E-state index in [0.29, 0.717) is 0 Å². The molecule has 1 atom stereocenters. The van der Waals surface area contributed by atoms with Gasteiger partial charge in [-0.05, 0) is 36.2 Å². The molecular formula is C18H15BrClN. The highest BCUT2D eigenvalue weighted by atomic mass is 79.9. The number of pyridine rings is 1. The minimum atomic E-state index is -0.0730. The van der Waals surface area contributed by atoms with Crippen molar-refractivity contribution in [2.75, 3.05) is 0 Å². The molecule has 1 heterocycles. The monoisotopic (exact) mass is 359 g/mol. The first-order valence-electron chi connectivity index (χ1n) is 6.89. The number of hydrogen-bond acceptors (Lipinski definition) is 1. The Balaban J connectivity index is 1.89. The molecule has 0 amide bonds. The molecule has 1 nitrogen and oxygen atoms in total. The van der Waals surface area contributed by atoms with Gasteiger partial charge in [-0.15, -0.1) is 11.6 Å². The van der Waals surface area contributed by atoms with Crippen LogP contribution in [-0.4, -0.2) is 4.98 Å². The maximum atomic E-state index is 6.61. The Morgan fingerprint density at radius 3 is 2.71 bits per heavy atom. The number of aromatic nitrogens is 1. The molecule has 106 valence electrons. The first kappa shape index (κ1) is 14.6. The van der Waals surface area contributed by atoms with Crippen molar-refractivity contribution in [3.05, 3.63) is 75.9 Å². The number of nitrogens with zero attached hydrogens (tertiary/aromatic N) is 1. The van der Waals surface area contributed by atoms with Crippen LogP contribution in [0.25, 0.3) is 10.9 Å². The van der Waals surface area contributed by atoms with Gasteiger partial charge in [0.05, 0.1) is 10.9 Å². The van der Waals surface area contributed by atoms with Crippen molar-refractivity contribution in [2.24, 2.45) is 0 Å². The fourth-order valence-electron chi connectivity index (χ4n) is 2.48. The van der Waals surface area contributed by atoms with Crippen LogP contribution < -0.4 is 0 Å². The quantitative estimate of drug-likeness (QED) is 0.536. The van der Waals surface area contributed by atoms with Crippen molar-refractivity contribution >= 4 is 38.4 Å². The number of benzene rings is 2. The Hall–Kier alpha value is -1.38. The maximum Gasteiger partial charge on any atom is 0.0705 e. The zero-order valence-electron chi connectivity index (χ0n) is 11.7. The molecule has 0 spiro atoms. The van der Waals surface area contributed by atoms with E-state index >= 15 is 0 Å². The molecule has 0 bridgehead atoms. The summed E-state index contributed by atoms with van der Waals surface area (Å²) < 4.78 is 1.09. The second-order valence-corrected chi connectivity index (χ2v) is 6.50. The van der Waals surface area contributed by atoms with Crippen LogP contribution in [0.4, 0.5) is 0 Å². The first-order chi connectivity index (χ1) is 10.1. The van der Waals surface area contributed by atoms with Gasteiger partial charge in [0.1, 0.15) is 0 Å². The van der Waals surface area contributed by atoms with Crippen LogP contribution in [0.2, 0.25) is 0 Å². The van der Waals surface area contributed by atoms with Crippen LogP contribution in [0.5, 0.6) is 0 Å². The predicted molar refractivity (Wildman–Crippen MR) is 92.9 cm³/mol. The molecule has 21 heavy (non-hydrogen) atoms. The normalized spacial score (nSPS) is 12.5. The van der Waals surface area contributed by atoms with Crippen molar-refractivity contribution in [1.82, 2.24) is 4.98 Å². The van der Waals surface area contributed by atoms with E-state index in [-0.39, 0.29) is 5.38 Å². The minimum Gasteiger partial charge on any atom is -0.253 e. The Morgan fingerprint density at radius 2 is 1.86 bits per heavy atom. The van der Waals surface area contributed by atoms with Gasteiger partial charge in [-0.2, -0.15) is 0 Å². The molecule has 0 aliphatic heterocycles. The average molecular weight is 361 g/mol. The zero-order valence-corrected chi connectivity index (χ0v) is 14.0. The molecule has 0 radical (unpaired) electrons. The van der Waals surface area contributed by atoms with Crippen LogP contribution in [0, 0.1) is 6.92 Å². The van der Waals surface area contributed by atoms with E-state index in [2.05, 4.69) is 47.1 Å². The zero-order chi connectivity index (χ0) is 14.8. The summed E-state index contributed by atoms with van der Waals surface area (Å²) in [6, 6.07) is 18.5. The van der Waals surface area contributed by atoms with E-state index in [0.717, 1.165) is 33.1 Å². The third-order valence-electron chi connectivity index (χ3n) is 3.69. The molecule has 0 aliphatic carbocycles. The molecule has 1 aromatic heterocycles. The van der Waals surface area contributed by atoms with Gasteiger partial charge in [0.2, 0.25) is 0 Å². The summed E-state index contributed by atoms with van der Waals surface area (Å²) in [7, 11) is 0. The van der Waals surface area contributed by atoms with Crippen LogP contribution in [0.1, 0.15) is 22.2 Å². The number of rotatable bonds is 3. The summed E-state index contributed by atoms with van der Waals surface area (Å²) in [5.74, 6) is 0. The average Bonchev–Trinajstić information content (AvgIpc) is 2.50. The SMILES string of the molecule is Cc1c(Br)cccc1C(Cl)Cc1ccc2ccccc2n1. The summed E-state index contributed by atoms with van der Waals surface area (Å²) in [6.07, 6.45) is 0.726. The van der Waals surface area contributed by atoms with Gasteiger partial charge in [0.15, 0.2) is 0 Å². The van der Waals surface area contributed by atoms with Gasteiger partial charge < -0.3 is 0 Å². The molecule has 3 heteroatoms. The van der Waals surface area contributed by atoms with Gasteiger partial charge >= 0.3 is 0 Å². The number of alkyl halides is 1. The van der Waals surface area contributed by atoms with Crippen molar-refractivity contribution in [3.8, 4) is 0 Å². The van der Waals surface area contributed by atoms with Crippen molar-refractivity contribution in [2.45, 2.75) is 18.7 Å². The number of halogens is 2. The summed E-state index contributed by atoms with van der Waals surface area (Å²) in [4.78, 5) is 4.70. The number of hydrogen-bond donors (Lipinski definition) is 0. The molecule has 0 saturated carbocycles. The lowest BCUT2D eigenvalue weighted by atomic mass is 10.0. The van der Waals surface area contributed by atoms with Crippen LogP contribution in [0.15, 0.2) is 59.1 Å². The second-order valence-electron chi connectivity index (χ2n) is 5.12. The van der Waals surface area contributed by atoms with E-state index in [1.54, 1.807) is 0 Å². The predicted octanol–water partition coefficient (Wildman–Crippen LogP) is 5.83. The number of para-hydroxylation sites is 1. The lowest BCUT2D eigenvalue weighted by Gasteiger charge is -2.14. The van der Waals surface area contributed by atoms with Gasteiger partial charge in [0.25, 0.3) is 0 Å². The van der Waals surface area contributed by atoms with Crippen LogP contribution >= 0.6 is 27.5 Å². The van der Waals surface area contributed by atoms with E-state index in [1.165, 1.54) is 5.56 Å². The largest absolute Gasteiger partial charge is 0.253 e. The molecule has 0 fully saturated rings. The maximum absolute atomic E-state index is 6.61. The first-order valence-corrected chi connectivity index (χ1v) is 8.12. The lowest BCUT2D eigenvalue weighted by Crippen LogP contribution is -2.01. The lowest BCUT2D eigenvalue weighted by molar-refractivity contribution is 0.879. The van der Waals surface area contributed by atoms with Crippen LogP contribution in [-0.2, 0) is 6.42 Å². The standard InChI is InChI=1S/C18H15BrClN/c1-12-15(6-4-7-16(12)19)17(20)11-14-10-9-13-5-2-3-8-18(13)21-14/h2-10,17H,11H2,1H3. The van der Waals surface area contributed by atoms with Gasteiger partial charge in [-0.3, -0.25) is 4.98 Å². The van der Waals surface area contributed by atoms with Gasteiger partial charge in [-0.1, -0.05) is 52.3 Å². The molecule has 0 saturated heterocycles. The molecule has 0 N–H and O–H groups in total. The Bertz CT molecular complexity index is 785. The molecule has 2 aromatic carbocycles. The Morgan fingerprint density at radius 1 is 1.05 bits per heavy atom. The highest BCUT2D eigenvalue weighted by Crippen LogP contribution is 2.31. The summed E-state index contributed by atoms with van der Waals surface area (Å²) in [5, 5.41) is 1.09. The highest BCUT2D eigenvalue weighted by Gasteiger charge is 2.13. The Kier molecular flexibility index (Phi) is 4.27. The Labute approximate surface area is 138 Å². The summed E-state index contributed by atoms with van der Waals surface area (Å²) in [5.41, 5.74) is 4.39. The molecular weight excluding hydrogens is 346 g/mol. The summed E-state index contributed by atoms with van der Waals surface area (Å²) >= 11 is 10.2. The van der Waals surface area contributed by atoms with Crippen molar-refractivity contribution in [1.29, 1.82) is 0 Å². The van der Waals surface area contributed by atoms with Crippen LogP contribution in [0.3, 0.4) is 0 Å². The van der Waals surface area contributed by atoms with E-state index in [4.69, 9.17) is 16.6 Å². The highest BCUT2D eigenvalue weighted by molar-refractivity contribution is 9.10.